The van der Waals surface area contributed by atoms with Gasteiger partial charge in [-0.1, -0.05) is 45.7 Å². The van der Waals surface area contributed by atoms with Gasteiger partial charge in [0.25, 0.3) is 11.8 Å². The Balaban J connectivity index is 2.05. The molecule has 0 aliphatic carbocycles. The molecule has 1 aliphatic rings. The van der Waals surface area contributed by atoms with E-state index in [4.69, 9.17) is 11.6 Å². The number of hydrogen-bond donors (Lipinski definition) is 2. The summed E-state index contributed by atoms with van der Waals surface area (Å²) in [7, 11) is 0. The lowest BCUT2D eigenvalue weighted by atomic mass is 10.0. The molecule has 110 valence electrons. The summed E-state index contributed by atoms with van der Waals surface area (Å²) in [4.78, 5) is 24.1. The number of hydrogen-bond acceptors (Lipinski definition) is 3. The minimum Gasteiger partial charge on any atom is -0.350 e. The van der Waals surface area contributed by atoms with Crippen LogP contribution in [0.25, 0.3) is 5.57 Å². The number of carbonyl (C=O) groups excluding carboxylic acids is 2. The molecule has 2 aromatic rings. The summed E-state index contributed by atoms with van der Waals surface area (Å²) in [5.74, 6) is -0.875. The van der Waals surface area contributed by atoms with Gasteiger partial charge in [0.05, 0.1) is 5.57 Å². The van der Waals surface area contributed by atoms with Crippen molar-refractivity contribution >= 4 is 50.6 Å². The largest absolute Gasteiger partial charge is 0.350 e. The van der Waals surface area contributed by atoms with Gasteiger partial charge in [-0.25, -0.2) is 0 Å². The SMILES string of the molecule is O=C1NC(=O)C(c2ccc(Cl)cc2)=C1Nc1cccc(Br)c1. The van der Waals surface area contributed by atoms with Gasteiger partial charge in [-0.3, -0.25) is 14.9 Å². The molecule has 0 atom stereocenters. The Kier molecular flexibility index (Phi) is 4.00. The molecule has 0 saturated carbocycles. The third-order valence-corrected chi connectivity index (χ3v) is 3.90. The summed E-state index contributed by atoms with van der Waals surface area (Å²) in [5.41, 5.74) is 1.87. The molecule has 4 nitrogen and oxygen atoms in total. The van der Waals surface area contributed by atoms with Crippen LogP contribution in [0.15, 0.2) is 58.7 Å². The van der Waals surface area contributed by atoms with Crippen molar-refractivity contribution in [1.82, 2.24) is 5.32 Å². The van der Waals surface area contributed by atoms with E-state index in [2.05, 4.69) is 26.6 Å². The molecule has 0 unspecified atom stereocenters. The van der Waals surface area contributed by atoms with Crippen LogP contribution in [0, 0.1) is 0 Å². The number of nitrogens with one attached hydrogen (secondary N) is 2. The summed E-state index contributed by atoms with van der Waals surface area (Å²) >= 11 is 9.23. The van der Waals surface area contributed by atoms with Gasteiger partial charge < -0.3 is 5.32 Å². The summed E-state index contributed by atoms with van der Waals surface area (Å²) in [5, 5.41) is 5.88. The molecule has 1 aliphatic heterocycles. The number of amides is 2. The van der Waals surface area contributed by atoms with Gasteiger partial charge >= 0.3 is 0 Å². The molecule has 6 heteroatoms. The standard InChI is InChI=1S/C16H10BrClN2O2/c17-10-2-1-3-12(8-10)19-14-13(15(21)20-16(14)22)9-4-6-11(18)7-5-9/h1-8H,(H2,19,20,21,22). The predicted molar refractivity (Wildman–Crippen MR) is 89.3 cm³/mol. The predicted octanol–water partition coefficient (Wildman–Crippen LogP) is 3.58. The van der Waals surface area contributed by atoms with Crippen LogP contribution in [0.2, 0.25) is 5.02 Å². The number of carbonyl (C=O) groups is 2. The van der Waals surface area contributed by atoms with Crippen LogP contribution in [0.5, 0.6) is 0 Å². The minimum absolute atomic E-state index is 0.227. The van der Waals surface area contributed by atoms with E-state index in [9.17, 15) is 9.59 Å². The fraction of sp³-hybridized carbons (Fsp3) is 0. The molecule has 0 aromatic heterocycles. The molecule has 1 heterocycles. The van der Waals surface area contributed by atoms with E-state index in [1.807, 2.05) is 24.3 Å². The number of imide groups is 1. The fourth-order valence-corrected chi connectivity index (χ4v) is 2.70. The Morgan fingerprint density at radius 1 is 1.00 bits per heavy atom. The number of rotatable bonds is 3. The van der Waals surface area contributed by atoms with Gasteiger partial charge in [0.2, 0.25) is 0 Å². The highest BCUT2D eigenvalue weighted by molar-refractivity contribution is 9.10. The Labute approximate surface area is 140 Å². The number of benzene rings is 2. The molecular weight excluding hydrogens is 368 g/mol. The average Bonchev–Trinajstić information content (AvgIpc) is 2.75. The van der Waals surface area contributed by atoms with E-state index in [-0.39, 0.29) is 5.70 Å². The molecule has 0 bridgehead atoms. The maximum absolute atomic E-state index is 12.1. The molecule has 0 radical (unpaired) electrons. The molecule has 0 saturated heterocycles. The first-order valence-corrected chi connectivity index (χ1v) is 7.60. The van der Waals surface area contributed by atoms with Crippen LogP contribution in [0.3, 0.4) is 0 Å². The van der Waals surface area contributed by atoms with E-state index in [0.29, 0.717) is 21.8 Å². The smallest absolute Gasteiger partial charge is 0.275 e. The first kappa shape index (κ1) is 14.8. The van der Waals surface area contributed by atoms with Gasteiger partial charge in [0.15, 0.2) is 0 Å². The zero-order chi connectivity index (χ0) is 15.7. The van der Waals surface area contributed by atoms with Gasteiger partial charge in [-0.05, 0) is 35.9 Å². The average molecular weight is 378 g/mol. The first-order valence-electron chi connectivity index (χ1n) is 6.43. The van der Waals surface area contributed by atoms with Gasteiger partial charge in [-0.15, -0.1) is 0 Å². The molecule has 2 amide bonds. The van der Waals surface area contributed by atoms with Crippen molar-refractivity contribution < 1.29 is 9.59 Å². The van der Waals surface area contributed by atoms with Crippen molar-refractivity contribution in [2.75, 3.05) is 5.32 Å². The van der Waals surface area contributed by atoms with Crippen molar-refractivity contribution in [3.63, 3.8) is 0 Å². The highest BCUT2D eigenvalue weighted by Gasteiger charge is 2.31. The van der Waals surface area contributed by atoms with Crippen LogP contribution in [0.1, 0.15) is 5.56 Å². The Morgan fingerprint density at radius 2 is 1.73 bits per heavy atom. The maximum atomic E-state index is 12.1. The summed E-state index contributed by atoms with van der Waals surface area (Å²) in [6.07, 6.45) is 0. The van der Waals surface area contributed by atoms with Crippen molar-refractivity contribution in [3.05, 3.63) is 69.3 Å². The number of halogens is 2. The van der Waals surface area contributed by atoms with E-state index in [1.54, 1.807) is 24.3 Å². The van der Waals surface area contributed by atoms with E-state index in [1.165, 1.54) is 0 Å². The Bertz CT molecular complexity index is 800. The normalized spacial score (nSPS) is 14.3. The zero-order valence-electron chi connectivity index (χ0n) is 11.2. The highest BCUT2D eigenvalue weighted by Crippen LogP contribution is 2.27. The third-order valence-electron chi connectivity index (χ3n) is 3.16. The maximum Gasteiger partial charge on any atom is 0.275 e. The second kappa shape index (κ2) is 5.94. The van der Waals surface area contributed by atoms with Crippen LogP contribution >= 0.6 is 27.5 Å². The van der Waals surface area contributed by atoms with Crippen molar-refractivity contribution in [3.8, 4) is 0 Å². The second-order valence-corrected chi connectivity index (χ2v) is 6.03. The Morgan fingerprint density at radius 3 is 2.41 bits per heavy atom. The van der Waals surface area contributed by atoms with E-state index < -0.39 is 11.8 Å². The molecule has 0 fully saturated rings. The summed E-state index contributed by atoms with van der Waals surface area (Å²) in [6.45, 7) is 0. The third kappa shape index (κ3) is 2.91. The minimum atomic E-state index is -0.449. The van der Waals surface area contributed by atoms with Crippen LogP contribution in [0.4, 0.5) is 5.69 Å². The lowest BCUT2D eigenvalue weighted by molar-refractivity contribution is -0.123. The summed E-state index contributed by atoms with van der Waals surface area (Å²) in [6, 6.07) is 14.1. The molecule has 22 heavy (non-hydrogen) atoms. The van der Waals surface area contributed by atoms with E-state index >= 15 is 0 Å². The van der Waals surface area contributed by atoms with Crippen molar-refractivity contribution in [1.29, 1.82) is 0 Å². The lowest BCUT2D eigenvalue weighted by Gasteiger charge is -2.08. The highest BCUT2D eigenvalue weighted by atomic mass is 79.9. The van der Waals surface area contributed by atoms with Gasteiger partial charge in [-0.2, -0.15) is 0 Å². The van der Waals surface area contributed by atoms with Crippen LogP contribution < -0.4 is 10.6 Å². The van der Waals surface area contributed by atoms with Crippen molar-refractivity contribution in [2.24, 2.45) is 0 Å². The second-order valence-electron chi connectivity index (χ2n) is 4.68. The first-order chi connectivity index (χ1) is 10.5. The molecule has 2 aromatic carbocycles. The number of anilines is 1. The van der Waals surface area contributed by atoms with Crippen LogP contribution in [-0.4, -0.2) is 11.8 Å². The summed E-state index contributed by atoms with van der Waals surface area (Å²) < 4.78 is 0.871. The molecular formula is C16H10BrClN2O2. The molecule has 2 N–H and O–H groups in total. The topological polar surface area (TPSA) is 58.2 Å². The quantitative estimate of drug-likeness (QED) is 0.804. The van der Waals surface area contributed by atoms with E-state index in [0.717, 1.165) is 4.47 Å². The van der Waals surface area contributed by atoms with Gasteiger partial charge in [0.1, 0.15) is 5.70 Å². The zero-order valence-corrected chi connectivity index (χ0v) is 13.5. The molecule has 3 rings (SSSR count). The fourth-order valence-electron chi connectivity index (χ4n) is 2.18. The van der Waals surface area contributed by atoms with Gasteiger partial charge in [0, 0.05) is 15.2 Å². The Hall–Kier alpha value is -2.11. The molecule has 0 spiro atoms. The van der Waals surface area contributed by atoms with Crippen molar-refractivity contribution in [2.45, 2.75) is 0 Å². The van der Waals surface area contributed by atoms with Crippen LogP contribution in [-0.2, 0) is 9.59 Å². The monoisotopic (exact) mass is 376 g/mol. The lowest BCUT2D eigenvalue weighted by Crippen LogP contribution is -2.24.